The summed E-state index contributed by atoms with van der Waals surface area (Å²) in [6.45, 7) is 1.73. The summed E-state index contributed by atoms with van der Waals surface area (Å²) in [5, 5.41) is 21.3. The van der Waals surface area contributed by atoms with Gasteiger partial charge in [0.2, 0.25) is 0 Å². The quantitative estimate of drug-likeness (QED) is 0.616. The van der Waals surface area contributed by atoms with Crippen LogP contribution in [-0.2, 0) is 13.0 Å². The number of aliphatic hydroxyl groups excluding tert-OH is 1. The van der Waals surface area contributed by atoms with Gasteiger partial charge in [-0.2, -0.15) is 0 Å². The summed E-state index contributed by atoms with van der Waals surface area (Å²) in [6.07, 6.45) is 5.85. The van der Waals surface area contributed by atoms with Gasteiger partial charge in [0.05, 0.1) is 6.61 Å². The van der Waals surface area contributed by atoms with E-state index in [1.54, 1.807) is 18.2 Å². The van der Waals surface area contributed by atoms with E-state index in [1.165, 1.54) is 6.07 Å². The first-order valence-corrected chi connectivity index (χ1v) is 8.44. The molecule has 0 saturated heterocycles. The molecule has 0 aromatic heterocycles. The van der Waals surface area contributed by atoms with E-state index in [4.69, 9.17) is 0 Å². The Bertz CT molecular complexity index is 929. The van der Waals surface area contributed by atoms with Crippen molar-refractivity contribution in [1.29, 1.82) is 0 Å². The second kappa shape index (κ2) is 7.49. The first-order valence-electron chi connectivity index (χ1n) is 8.44. The number of allylic oxidation sites excluding steroid dienone is 2. The summed E-state index contributed by atoms with van der Waals surface area (Å²) in [5.41, 5.74) is 2.98. The summed E-state index contributed by atoms with van der Waals surface area (Å²) in [5.74, 6) is -0.182. The molecule has 128 valence electrons. The van der Waals surface area contributed by atoms with Crippen LogP contribution in [0, 0.1) is 5.82 Å². The Balaban J connectivity index is 2.27. The second-order valence-electron chi connectivity index (χ2n) is 6.00. The molecule has 0 radical (unpaired) electrons. The molecule has 0 saturated carbocycles. The van der Waals surface area contributed by atoms with E-state index in [2.05, 4.69) is 19.1 Å². The van der Waals surface area contributed by atoms with E-state index in [1.807, 2.05) is 24.3 Å². The van der Waals surface area contributed by atoms with Gasteiger partial charge in [0.25, 0.3) is 0 Å². The number of phenolic OH excluding ortho intramolecular Hbond substituents is 1. The predicted octanol–water partition coefficient (Wildman–Crippen LogP) is 5.35. The number of halogens is 1. The third-order valence-corrected chi connectivity index (χ3v) is 4.41. The molecule has 25 heavy (non-hydrogen) atoms. The Morgan fingerprint density at radius 1 is 0.960 bits per heavy atom. The minimum Gasteiger partial charge on any atom is -0.508 e. The van der Waals surface area contributed by atoms with Gasteiger partial charge >= 0.3 is 0 Å². The van der Waals surface area contributed by atoms with E-state index in [0.717, 1.165) is 28.3 Å². The van der Waals surface area contributed by atoms with E-state index < -0.39 is 5.82 Å². The van der Waals surface area contributed by atoms with Gasteiger partial charge in [-0.25, -0.2) is 4.39 Å². The number of rotatable bonds is 5. The van der Waals surface area contributed by atoms with Gasteiger partial charge in [-0.15, -0.1) is 0 Å². The van der Waals surface area contributed by atoms with Crippen LogP contribution in [0.15, 0.2) is 60.7 Å². The predicted molar refractivity (Wildman–Crippen MR) is 100 cm³/mol. The number of aliphatic hydroxyl groups is 1. The molecule has 3 heteroatoms. The molecule has 0 atom stereocenters. The van der Waals surface area contributed by atoms with Gasteiger partial charge in [-0.1, -0.05) is 49.4 Å². The van der Waals surface area contributed by atoms with Gasteiger partial charge in [-0.05, 0) is 58.5 Å². The van der Waals surface area contributed by atoms with Crippen molar-refractivity contribution in [3.05, 3.63) is 77.6 Å². The molecule has 0 aliphatic carbocycles. The van der Waals surface area contributed by atoms with Crippen LogP contribution < -0.4 is 0 Å². The Hall–Kier alpha value is -2.65. The minimum absolute atomic E-state index is 0.220. The Labute approximate surface area is 146 Å². The number of benzene rings is 3. The van der Waals surface area contributed by atoms with Crippen molar-refractivity contribution >= 4 is 10.8 Å². The molecule has 2 nitrogen and oxygen atoms in total. The van der Waals surface area contributed by atoms with Crippen molar-refractivity contribution in [2.24, 2.45) is 0 Å². The van der Waals surface area contributed by atoms with Crippen LogP contribution >= 0.6 is 0 Å². The SMILES string of the molecule is CC/C=C/Cc1c(-c2cccc(F)c2CO)ccc2cc(O)ccc12. The van der Waals surface area contributed by atoms with Crippen LogP contribution in [0.25, 0.3) is 21.9 Å². The zero-order valence-electron chi connectivity index (χ0n) is 14.2. The first-order chi connectivity index (χ1) is 12.2. The van der Waals surface area contributed by atoms with Crippen LogP contribution in [0.1, 0.15) is 24.5 Å². The fourth-order valence-electron chi connectivity index (χ4n) is 3.19. The highest BCUT2D eigenvalue weighted by Gasteiger charge is 2.14. The molecular weight excluding hydrogens is 315 g/mol. The van der Waals surface area contributed by atoms with Crippen LogP contribution in [-0.4, -0.2) is 10.2 Å². The van der Waals surface area contributed by atoms with Gasteiger partial charge in [0, 0.05) is 5.56 Å². The Morgan fingerprint density at radius 3 is 2.52 bits per heavy atom. The van der Waals surface area contributed by atoms with E-state index >= 15 is 0 Å². The molecule has 2 N–H and O–H groups in total. The third-order valence-electron chi connectivity index (χ3n) is 4.41. The lowest BCUT2D eigenvalue weighted by atomic mass is 9.90. The molecule has 3 aromatic rings. The van der Waals surface area contributed by atoms with E-state index in [0.29, 0.717) is 17.5 Å². The van der Waals surface area contributed by atoms with Crippen molar-refractivity contribution in [2.45, 2.75) is 26.4 Å². The molecule has 0 heterocycles. The number of hydrogen-bond acceptors (Lipinski definition) is 2. The lowest BCUT2D eigenvalue weighted by molar-refractivity contribution is 0.276. The highest BCUT2D eigenvalue weighted by atomic mass is 19.1. The largest absolute Gasteiger partial charge is 0.508 e. The molecule has 0 aliphatic heterocycles. The van der Waals surface area contributed by atoms with Gasteiger partial charge < -0.3 is 10.2 Å². The molecule has 3 aromatic carbocycles. The first kappa shape index (κ1) is 17.2. The average molecular weight is 336 g/mol. The normalized spacial score (nSPS) is 11.5. The minimum atomic E-state index is -0.402. The average Bonchev–Trinajstić information content (AvgIpc) is 2.61. The lowest BCUT2D eigenvalue weighted by Crippen LogP contribution is -1.98. The van der Waals surface area contributed by atoms with Gasteiger partial charge in [0.1, 0.15) is 11.6 Å². The molecule has 0 bridgehead atoms. The maximum Gasteiger partial charge on any atom is 0.129 e. The molecule has 0 amide bonds. The maximum atomic E-state index is 14.1. The third kappa shape index (κ3) is 3.42. The highest BCUT2D eigenvalue weighted by Crippen LogP contribution is 2.35. The molecule has 0 spiro atoms. The van der Waals surface area contributed by atoms with Crippen LogP contribution in [0.5, 0.6) is 5.75 Å². The molecule has 0 fully saturated rings. The zero-order valence-corrected chi connectivity index (χ0v) is 14.2. The molecule has 3 rings (SSSR count). The highest BCUT2D eigenvalue weighted by molar-refractivity contribution is 5.93. The summed E-state index contributed by atoms with van der Waals surface area (Å²) in [4.78, 5) is 0. The topological polar surface area (TPSA) is 40.5 Å². The second-order valence-corrected chi connectivity index (χ2v) is 6.00. The Morgan fingerprint density at radius 2 is 1.76 bits per heavy atom. The number of hydrogen-bond donors (Lipinski definition) is 2. The standard InChI is InChI=1S/C22H21FO2/c1-2-3-4-6-18-17-12-10-16(25)13-15(17)9-11-20(18)19-7-5-8-22(23)21(19)14-24/h3-5,7-13,24-25H,2,6,14H2,1H3/b4-3+. The Kier molecular flexibility index (Phi) is 5.15. The maximum absolute atomic E-state index is 14.1. The fraction of sp³-hybridized carbons (Fsp3) is 0.182. The van der Waals surface area contributed by atoms with E-state index in [9.17, 15) is 14.6 Å². The summed E-state index contributed by atoms with van der Waals surface area (Å²) >= 11 is 0. The van der Waals surface area contributed by atoms with Crippen molar-refractivity contribution in [3.63, 3.8) is 0 Å². The lowest BCUT2D eigenvalue weighted by Gasteiger charge is -2.15. The molecule has 0 unspecified atom stereocenters. The van der Waals surface area contributed by atoms with Crippen molar-refractivity contribution in [3.8, 4) is 16.9 Å². The molecule has 0 aliphatic rings. The number of aromatic hydroxyl groups is 1. The van der Waals surface area contributed by atoms with Crippen molar-refractivity contribution in [2.75, 3.05) is 0 Å². The van der Waals surface area contributed by atoms with Gasteiger partial charge in [-0.3, -0.25) is 0 Å². The monoisotopic (exact) mass is 336 g/mol. The summed E-state index contributed by atoms with van der Waals surface area (Å²) < 4.78 is 14.1. The van der Waals surface area contributed by atoms with E-state index in [-0.39, 0.29) is 12.4 Å². The number of fused-ring (bicyclic) bond motifs is 1. The van der Waals surface area contributed by atoms with Crippen molar-refractivity contribution in [1.82, 2.24) is 0 Å². The van der Waals surface area contributed by atoms with Crippen LogP contribution in [0.3, 0.4) is 0 Å². The van der Waals surface area contributed by atoms with Crippen LogP contribution in [0.4, 0.5) is 4.39 Å². The molecular formula is C22H21FO2. The van der Waals surface area contributed by atoms with Gasteiger partial charge in [0.15, 0.2) is 0 Å². The smallest absolute Gasteiger partial charge is 0.129 e. The summed E-state index contributed by atoms with van der Waals surface area (Å²) in [6, 6.07) is 14.0. The summed E-state index contributed by atoms with van der Waals surface area (Å²) in [7, 11) is 0. The fourth-order valence-corrected chi connectivity index (χ4v) is 3.19. The van der Waals surface area contributed by atoms with Crippen LogP contribution in [0.2, 0.25) is 0 Å². The zero-order chi connectivity index (χ0) is 17.8. The number of phenols is 1. The van der Waals surface area contributed by atoms with Crippen molar-refractivity contribution < 1.29 is 14.6 Å².